The van der Waals surface area contributed by atoms with Gasteiger partial charge in [0.25, 0.3) is 0 Å². The van der Waals surface area contributed by atoms with E-state index < -0.39 is 0 Å². The van der Waals surface area contributed by atoms with E-state index in [1.807, 2.05) is 31.2 Å². The molecule has 23 heavy (non-hydrogen) atoms. The predicted octanol–water partition coefficient (Wildman–Crippen LogP) is 2.40. The van der Waals surface area contributed by atoms with E-state index in [-0.39, 0.29) is 24.2 Å². The van der Waals surface area contributed by atoms with Crippen molar-refractivity contribution in [2.45, 2.75) is 26.7 Å². The standard InChI is InChI=1S/C16H18N4O2S/c1-3-11-6-4-5-7-13(11)20-9-12(8-14(20)21)15(22)17-16-19-18-10(2)23-16/h4-7,12H,3,8-9H2,1-2H3,(H,17,19,22)/t12-/m1/s1. The number of hydrogen-bond acceptors (Lipinski definition) is 5. The van der Waals surface area contributed by atoms with Crippen LogP contribution in [0.4, 0.5) is 10.8 Å². The van der Waals surface area contributed by atoms with Gasteiger partial charge in [-0.25, -0.2) is 0 Å². The molecule has 1 fully saturated rings. The van der Waals surface area contributed by atoms with Crippen LogP contribution in [-0.4, -0.2) is 28.6 Å². The zero-order chi connectivity index (χ0) is 16.4. The second-order valence-corrected chi connectivity index (χ2v) is 6.68. The molecule has 0 spiro atoms. The van der Waals surface area contributed by atoms with Crippen LogP contribution in [0.2, 0.25) is 0 Å². The van der Waals surface area contributed by atoms with Crippen molar-refractivity contribution >= 4 is 34.0 Å². The number of benzene rings is 1. The molecular weight excluding hydrogens is 312 g/mol. The Labute approximate surface area is 138 Å². The number of rotatable bonds is 4. The molecule has 7 heteroatoms. The quantitative estimate of drug-likeness (QED) is 0.934. The number of para-hydroxylation sites is 1. The van der Waals surface area contributed by atoms with E-state index in [9.17, 15) is 9.59 Å². The highest BCUT2D eigenvalue weighted by molar-refractivity contribution is 7.15. The third-order valence-electron chi connectivity index (χ3n) is 3.92. The molecule has 1 atom stereocenters. The first-order valence-corrected chi connectivity index (χ1v) is 8.39. The van der Waals surface area contributed by atoms with Gasteiger partial charge in [-0.05, 0) is 25.0 Å². The Morgan fingerprint density at radius 2 is 2.17 bits per heavy atom. The van der Waals surface area contributed by atoms with E-state index in [4.69, 9.17) is 0 Å². The normalized spacial score (nSPS) is 17.6. The Bertz CT molecular complexity index is 743. The van der Waals surface area contributed by atoms with Crippen LogP contribution in [0.5, 0.6) is 0 Å². The van der Waals surface area contributed by atoms with Crippen LogP contribution in [0.1, 0.15) is 23.9 Å². The van der Waals surface area contributed by atoms with Crippen LogP contribution in [0.3, 0.4) is 0 Å². The predicted molar refractivity (Wildman–Crippen MR) is 89.6 cm³/mol. The number of carbonyl (C=O) groups excluding carboxylic acids is 2. The maximum absolute atomic E-state index is 12.3. The summed E-state index contributed by atoms with van der Waals surface area (Å²) in [5, 5.41) is 11.8. The lowest BCUT2D eigenvalue weighted by Gasteiger charge is -2.19. The topological polar surface area (TPSA) is 75.2 Å². The lowest BCUT2D eigenvalue weighted by molar-refractivity contribution is -0.122. The van der Waals surface area contributed by atoms with Gasteiger partial charge in [0.2, 0.25) is 16.9 Å². The zero-order valence-corrected chi connectivity index (χ0v) is 13.9. The van der Waals surface area contributed by atoms with Gasteiger partial charge in [0.05, 0.1) is 5.92 Å². The van der Waals surface area contributed by atoms with Crippen molar-refractivity contribution in [2.24, 2.45) is 5.92 Å². The molecule has 2 heterocycles. The minimum atomic E-state index is -0.364. The van der Waals surface area contributed by atoms with Gasteiger partial charge < -0.3 is 10.2 Å². The first-order valence-electron chi connectivity index (χ1n) is 7.57. The third-order valence-corrected chi connectivity index (χ3v) is 4.67. The molecule has 6 nitrogen and oxygen atoms in total. The van der Waals surface area contributed by atoms with Gasteiger partial charge in [-0.1, -0.05) is 36.5 Å². The van der Waals surface area contributed by atoms with E-state index in [0.29, 0.717) is 11.7 Å². The summed E-state index contributed by atoms with van der Waals surface area (Å²) in [6.45, 7) is 4.29. The summed E-state index contributed by atoms with van der Waals surface area (Å²) in [6, 6.07) is 7.83. The van der Waals surface area contributed by atoms with E-state index >= 15 is 0 Å². The molecule has 1 saturated heterocycles. The van der Waals surface area contributed by atoms with E-state index in [1.165, 1.54) is 11.3 Å². The second kappa shape index (κ2) is 6.45. The molecule has 1 aromatic carbocycles. The molecule has 0 aliphatic carbocycles. The van der Waals surface area contributed by atoms with Crippen molar-refractivity contribution in [1.82, 2.24) is 10.2 Å². The zero-order valence-electron chi connectivity index (χ0n) is 13.1. The van der Waals surface area contributed by atoms with Crippen LogP contribution in [-0.2, 0) is 16.0 Å². The molecule has 1 aliphatic rings. The fourth-order valence-corrected chi connectivity index (χ4v) is 3.34. The largest absolute Gasteiger partial charge is 0.311 e. The van der Waals surface area contributed by atoms with Crippen LogP contribution in [0.25, 0.3) is 0 Å². The van der Waals surface area contributed by atoms with E-state index in [2.05, 4.69) is 22.4 Å². The van der Waals surface area contributed by atoms with E-state index in [1.54, 1.807) is 4.90 Å². The summed E-state index contributed by atoms with van der Waals surface area (Å²) in [5.41, 5.74) is 2.02. The highest BCUT2D eigenvalue weighted by Gasteiger charge is 2.36. The summed E-state index contributed by atoms with van der Waals surface area (Å²) in [7, 11) is 0. The second-order valence-electron chi connectivity index (χ2n) is 5.50. The number of aryl methyl sites for hydroxylation is 2. The number of nitrogens with zero attached hydrogens (tertiary/aromatic N) is 3. The van der Waals surface area contributed by atoms with Crippen molar-refractivity contribution in [1.29, 1.82) is 0 Å². The maximum Gasteiger partial charge on any atom is 0.231 e. The van der Waals surface area contributed by atoms with Crippen LogP contribution < -0.4 is 10.2 Å². The number of amides is 2. The van der Waals surface area contributed by atoms with Crippen molar-refractivity contribution in [2.75, 3.05) is 16.8 Å². The highest BCUT2D eigenvalue weighted by Crippen LogP contribution is 2.29. The first kappa shape index (κ1) is 15.6. The van der Waals surface area contributed by atoms with Gasteiger partial charge in [-0.3, -0.25) is 9.59 Å². The first-order chi connectivity index (χ1) is 11.1. The molecule has 0 bridgehead atoms. The molecule has 2 aromatic rings. The smallest absolute Gasteiger partial charge is 0.231 e. The number of anilines is 2. The maximum atomic E-state index is 12.3. The van der Waals surface area contributed by atoms with Crippen molar-refractivity contribution in [3.8, 4) is 0 Å². The fraction of sp³-hybridized carbons (Fsp3) is 0.375. The number of nitrogens with one attached hydrogen (secondary N) is 1. The van der Waals surface area contributed by atoms with Crippen molar-refractivity contribution in [3.05, 3.63) is 34.8 Å². The van der Waals surface area contributed by atoms with Gasteiger partial charge in [-0.2, -0.15) is 0 Å². The molecule has 1 aromatic heterocycles. The fourth-order valence-electron chi connectivity index (χ4n) is 2.74. The Morgan fingerprint density at radius 3 is 2.87 bits per heavy atom. The van der Waals surface area contributed by atoms with Crippen molar-refractivity contribution in [3.63, 3.8) is 0 Å². The Hall–Kier alpha value is -2.28. The lowest BCUT2D eigenvalue weighted by atomic mass is 10.1. The van der Waals surface area contributed by atoms with Crippen molar-refractivity contribution < 1.29 is 9.59 Å². The molecule has 1 aliphatic heterocycles. The minimum absolute atomic E-state index is 0.0144. The molecule has 3 rings (SSSR count). The summed E-state index contributed by atoms with van der Waals surface area (Å²) >= 11 is 1.33. The molecule has 0 unspecified atom stereocenters. The number of aromatic nitrogens is 2. The molecule has 120 valence electrons. The molecule has 0 radical (unpaired) electrons. The molecule has 1 N–H and O–H groups in total. The average molecular weight is 330 g/mol. The number of hydrogen-bond donors (Lipinski definition) is 1. The van der Waals surface area contributed by atoms with Crippen LogP contribution >= 0.6 is 11.3 Å². The SMILES string of the molecule is CCc1ccccc1N1C[C@H](C(=O)Nc2nnc(C)s2)CC1=O. The van der Waals surface area contributed by atoms with Gasteiger partial charge in [0.1, 0.15) is 5.01 Å². The molecule has 0 saturated carbocycles. The summed E-state index contributed by atoms with van der Waals surface area (Å²) in [5.74, 6) is -0.554. The van der Waals surface area contributed by atoms with Gasteiger partial charge in [0, 0.05) is 18.7 Å². The summed E-state index contributed by atoms with van der Waals surface area (Å²) in [6.07, 6.45) is 1.07. The van der Waals surface area contributed by atoms with Gasteiger partial charge >= 0.3 is 0 Å². The van der Waals surface area contributed by atoms with Crippen LogP contribution in [0.15, 0.2) is 24.3 Å². The Balaban J connectivity index is 1.73. The highest BCUT2D eigenvalue weighted by atomic mass is 32.1. The van der Waals surface area contributed by atoms with Crippen LogP contribution in [0, 0.1) is 12.8 Å². The summed E-state index contributed by atoms with van der Waals surface area (Å²) in [4.78, 5) is 26.4. The summed E-state index contributed by atoms with van der Waals surface area (Å²) < 4.78 is 0. The molecular formula is C16H18N4O2S. The van der Waals surface area contributed by atoms with Gasteiger partial charge in [-0.15, -0.1) is 10.2 Å². The van der Waals surface area contributed by atoms with E-state index in [0.717, 1.165) is 22.7 Å². The number of carbonyl (C=O) groups is 2. The average Bonchev–Trinajstić information content (AvgIpc) is 3.13. The molecule has 2 amide bonds. The Kier molecular flexibility index (Phi) is 4.38. The van der Waals surface area contributed by atoms with Gasteiger partial charge in [0.15, 0.2) is 0 Å². The Morgan fingerprint density at radius 1 is 1.39 bits per heavy atom. The lowest BCUT2D eigenvalue weighted by Crippen LogP contribution is -2.28. The third kappa shape index (κ3) is 3.24. The monoisotopic (exact) mass is 330 g/mol. The minimum Gasteiger partial charge on any atom is -0.311 e.